The molecule has 6 heteroatoms. The van der Waals surface area contributed by atoms with Crippen molar-refractivity contribution in [1.82, 2.24) is 0 Å². The number of hydrogen-bond acceptors (Lipinski definition) is 4. The summed E-state index contributed by atoms with van der Waals surface area (Å²) < 4.78 is 11.3. The van der Waals surface area contributed by atoms with Crippen molar-refractivity contribution in [3.63, 3.8) is 0 Å². The van der Waals surface area contributed by atoms with E-state index in [0.717, 1.165) is 17.5 Å². The number of aryl methyl sites for hydroxylation is 1. The molecular weight excluding hydrogens is 388 g/mol. The van der Waals surface area contributed by atoms with Gasteiger partial charge in [-0.25, -0.2) is 0 Å². The van der Waals surface area contributed by atoms with Crippen molar-refractivity contribution in [2.75, 3.05) is 18.5 Å². The largest absolute Gasteiger partial charge is 0.490 e. The zero-order valence-corrected chi connectivity index (χ0v) is 17.9. The molecule has 0 saturated heterocycles. The normalized spacial score (nSPS) is 11.0. The molecule has 0 aliphatic rings. The Morgan fingerprint density at radius 1 is 1.24 bits per heavy atom. The van der Waals surface area contributed by atoms with Crippen molar-refractivity contribution in [3.05, 3.63) is 57.6 Å². The number of hydrogen-bond donors (Lipinski definition) is 1. The first-order valence-corrected chi connectivity index (χ1v) is 9.87. The average molecular weight is 413 g/mol. The van der Waals surface area contributed by atoms with Crippen LogP contribution in [-0.2, 0) is 4.79 Å². The lowest BCUT2D eigenvalue weighted by Crippen LogP contribution is -2.14. The first-order valence-electron chi connectivity index (χ1n) is 9.49. The molecule has 1 N–H and O–H groups in total. The molecule has 0 aromatic heterocycles. The van der Waals surface area contributed by atoms with Gasteiger partial charge in [0.1, 0.15) is 11.6 Å². The van der Waals surface area contributed by atoms with Crippen LogP contribution >= 0.6 is 11.6 Å². The molecule has 0 fully saturated rings. The third-order valence-electron chi connectivity index (χ3n) is 4.31. The standard InChI is InChI=1S/C23H25ClN2O3/c1-5-10-29-22-19(24)12-17(13-21(22)28-6-2)11-18(14-25)23(27)26-20-9-7-8-15(3)16(20)4/h7-9,11-13H,5-6,10H2,1-4H3,(H,26,27)/b18-11+. The summed E-state index contributed by atoms with van der Waals surface area (Å²) in [6.07, 6.45) is 2.32. The Bertz CT molecular complexity index is 961. The molecule has 1 amide bonds. The van der Waals surface area contributed by atoms with Crippen molar-refractivity contribution in [2.24, 2.45) is 0 Å². The van der Waals surface area contributed by atoms with Crippen LogP contribution in [0.5, 0.6) is 11.5 Å². The first-order chi connectivity index (χ1) is 13.9. The van der Waals surface area contributed by atoms with E-state index in [1.807, 2.05) is 45.9 Å². The number of benzene rings is 2. The highest BCUT2D eigenvalue weighted by molar-refractivity contribution is 6.32. The van der Waals surface area contributed by atoms with Gasteiger partial charge < -0.3 is 14.8 Å². The summed E-state index contributed by atoms with van der Waals surface area (Å²) in [7, 11) is 0. The summed E-state index contributed by atoms with van der Waals surface area (Å²) >= 11 is 6.36. The Hall–Kier alpha value is -2.97. The number of nitrogens with one attached hydrogen (secondary N) is 1. The minimum Gasteiger partial charge on any atom is -0.490 e. The molecular formula is C23H25ClN2O3. The SMILES string of the molecule is CCCOc1c(Cl)cc(/C=C(\C#N)C(=O)Nc2cccc(C)c2C)cc1OCC. The number of amides is 1. The lowest BCUT2D eigenvalue weighted by atomic mass is 10.1. The number of nitrogens with zero attached hydrogens (tertiary/aromatic N) is 1. The van der Waals surface area contributed by atoms with E-state index in [-0.39, 0.29) is 5.57 Å². The monoisotopic (exact) mass is 412 g/mol. The summed E-state index contributed by atoms with van der Waals surface area (Å²) in [5.74, 6) is 0.458. The fourth-order valence-electron chi connectivity index (χ4n) is 2.67. The quantitative estimate of drug-likeness (QED) is 0.446. The van der Waals surface area contributed by atoms with E-state index in [9.17, 15) is 10.1 Å². The Kier molecular flexibility index (Phi) is 8.11. The van der Waals surface area contributed by atoms with Crippen LogP contribution in [0, 0.1) is 25.2 Å². The molecule has 2 rings (SSSR count). The van der Waals surface area contributed by atoms with Gasteiger partial charge in [0.2, 0.25) is 0 Å². The topological polar surface area (TPSA) is 71.3 Å². The van der Waals surface area contributed by atoms with Crippen LogP contribution in [0.4, 0.5) is 5.69 Å². The van der Waals surface area contributed by atoms with Gasteiger partial charge in [-0.1, -0.05) is 30.7 Å². The number of nitriles is 1. The van der Waals surface area contributed by atoms with Gasteiger partial charge in [-0.2, -0.15) is 5.26 Å². The van der Waals surface area contributed by atoms with E-state index in [1.54, 1.807) is 18.2 Å². The van der Waals surface area contributed by atoms with Gasteiger partial charge >= 0.3 is 0 Å². The fourth-order valence-corrected chi connectivity index (χ4v) is 2.94. The summed E-state index contributed by atoms with van der Waals surface area (Å²) in [6.45, 7) is 8.69. The highest BCUT2D eigenvalue weighted by Crippen LogP contribution is 2.37. The van der Waals surface area contributed by atoms with Crippen molar-refractivity contribution in [3.8, 4) is 17.6 Å². The zero-order valence-electron chi connectivity index (χ0n) is 17.1. The van der Waals surface area contributed by atoms with E-state index in [1.165, 1.54) is 6.08 Å². The van der Waals surface area contributed by atoms with Gasteiger partial charge in [0.15, 0.2) is 11.5 Å². The van der Waals surface area contributed by atoms with Gasteiger partial charge in [-0.05, 0) is 68.2 Å². The van der Waals surface area contributed by atoms with Crippen molar-refractivity contribution >= 4 is 29.3 Å². The molecule has 0 aliphatic heterocycles. The Labute approximate surface area is 176 Å². The highest BCUT2D eigenvalue weighted by Gasteiger charge is 2.15. The Morgan fingerprint density at radius 3 is 2.66 bits per heavy atom. The molecule has 2 aromatic carbocycles. The average Bonchev–Trinajstić information content (AvgIpc) is 2.69. The highest BCUT2D eigenvalue weighted by atomic mass is 35.5. The number of halogens is 1. The van der Waals surface area contributed by atoms with Gasteiger partial charge in [0, 0.05) is 5.69 Å². The minimum absolute atomic E-state index is 0.0355. The molecule has 0 atom stereocenters. The van der Waals surface area contributed by atoms with E-state index < -0.39 is 5.91 Å². The molecule has 0 bridgehead atoms. The van der Waals surface area contributed by atoms with E-state index in [4.69, 9.17) is 21.1 Å². The Balaban J connectivity index is 2.35. The minimum atomic E-state index is -0.485. The summed E-state index contributed by atoms with van der Waals surface area (Å²) in [5, 5.41) is 12.7. The molecule has 0 radical (unpaired) electrons. The summed E-state index contributed by atoms with van der Waals surface area (Å²) in [4.78, 5) is 12.6. The molecule has 29 heavy (non-hydrogen) atoms. The second-order valence-corrected chi connectivity index (χ2v) is 6.89. The molecule has 0 aliphatic carbocycles. The molecule has 0 spiro atoms. The predicted molar refractivity (Wildman–Crippen MR) is 117 cm³/mol. The molecule has 0 saturated carbocycles. The number of anilines is 1. The van der Waals surface area contributed by atoms with Crippen molar-refractivity contribution < 1.29 is 14.3 Å². The smallest absolute Gasteiger partial charge is 0.266 e. The summed E-state index contributed by atoms with van der Waals surface area (Å²) in [6, 6.07) is 10.9. The van der Waals surface area contributed by atoms with Gasteiger partial charge in [0.05, 0.1) is 18.2 Å². The fraction of sp³-hybridized carbons (Fsp3) is 0.304. The second kappa shape index (κ2) is 10.5. The van der Waals surface area contributed by atoms with Crippen LogP contribution in [-0.4, -0.2) is 19.1 Å². The van der Waals surface area contributed by atoms with Crippen LogP contribution in [0.2, 0.25) is 5.02 Å². The lowest BCUT2D eigenvalue weighted by Gasteiger charge is -2.14. The third-order valence-corrected chi connectivity index (χ3v) is 4.59. The molecule has 5 nitrogen and oxygen atoms in total. The van der Waals surface area contributed by atoms with Gasteiger partial charge in [-0.15, -0.1) is 0 Å². The molecule has 0 heterocycles. The third kappa shape index (κ3) is 5.75. The number of carbonyl (C=O) groups is 1. The van der Waals surface area contributed by atoms with Crippen LogP contribution in [0.15, 0.2) is 35.9 Å². The predicted octanol–water partition coefficient (Wildman–Crippen LogP) is 5.69. The maximum absolute atomic E-state index is 12.6. The van der Waals surface area contributed by atoms with Crippen LogP contribution < -0.4 is 14.8 Å². The van der Waals surface area contributed by atoms with Gasteiger partial charge in [-0.3, -0.25) is 4.79 Å². The van der Waals surface area contributed by atoms with Crippen molar-refractivity contribution in [2.45, 2.75) is 34.1 Å². The van der Waals surface area contributed by atoms with E-state index in [2.05, 4.69) is 5.32 Å². The van der Waals surface area contributed by atoms with Crippen LogP contribution in [0.3, 0.4) is 0 Å². The zero-order chi connectivity index (χ0) is 21.4. The van der Waals surface area contributed by atoms with Crippen molar-refractivity contribution in [1.29, 1.82) is 5.26 Å². The molecule has 152 valence electrons. The second-order valence-electron chi connectivity index (χ2n) is 6.48. The number of carbonyl (C=O) groups excluding carboxylic acids is 1. The molecule has 0 unspecified atom stereocenters. The maximum atomic E-state index is 12.6. The van der Waals surface area contributed by atoms with E-state index >= 15 is 0 Å². The first kappa shape index (κ1) is 22.3. The van der Waals surface area contributed by atoms with Gasteiger partial charge in [0.25, 0.3) is 5.91 Å². The lowest BCUT2D eigenvalue weighted by molar-refractivity contribution is -0.112. The maximum Gasteiger partial charge on any atom is 0.266 e. The number of rotatable bonds is 8. The Morgan fingerprint density at radius 2 is 2.00 bits per heavy atom. The van der Waals surface area contributed by atoms with Crippen LogP contribution in [0.1, 0.15) is 37.0 Å². The van der Waals surface area contributed by atoms with E-state index in [0.29, 0.717) is 41.0 Å². The molecule has 2 aromatic rings. The summed E-state index contributed by atoms with van der Waals surface area (Å²) in [5.41, 5.74) is 3.23. The van der Waals surface area contributed by atoms with Crippen LogP contribution in [0.25, 0.3) is 6.08 Å². The number of ether oxygens (including phenoxy) is 2.